The monoisotopic (exact) mass is 1580 g/mol. The first-order chi connectivity index (χ1) is 52.2. The van der Waals surface area contributed by atoms with E-state index in [4.69, 9.17) is 18.1 Å². The molecule has 0 saturated carbocycles. The highest BCUT2D eigenvalue weighted by molar-refractivity contribution is 7.14. The first-order valence-corrected chi connectivity index (χ1v) is 41.5. The number of hydrogen-bond donors (Lipinski definition) is 4. The van der Waals surface area contributed by atoms with Crippen LogP contribution < -0.4 is 0 Å². The number of carbonyl (C=O) groups is 8. The lowest BCUT2D eigenvalue weighted by atomic mass is 10.0. The van der Waals surface area contributed by atoms with Crippen molar-refractivity contribution >= 4 is 91.6 Å². The number of thiophene rings is 4. The molecule has 8 atom stereocenters. The SMILES string of the molecule is C.CC(=O)[C@@H]1CN(CCCCCCC(=O)c2cc(-c3cccs3)on2)C[C@@H]1O.CC(=O)[C@@H]1CN(CCCCCCC(=O)c2cc(-c3cccs3)on2)C[C@H]1O.CC(=O)[C@H]1CN(CCCCCCC(=O)c2cc(-c3cccs3)on2)C[C@@H]1O.CC(=O)[C@H]1CN(CCCCCCC(=O)c2cc(-c3cccs3)on2)C[C@H]1O. The molecule has 592 valence electrons. The summed E-state index contributed by atoms with van der Waals surface area (Å²) in [6, 6.07) is 22.4. The zero-order valence-corrected chi connectivity index (χ0v) is 65.6. The molecule has 4 fully saturated rings. The van der Waals surface area contributed by atoms with Crippen molar-refractivity contribution in [2.45, 2.75) is 188 Å². The molecule has 12 heterocycles. The summed E-state index contributed by atoms with van der Waals surface area (Å²) in [5.41, 5.74) is 1.61. The van der Waals surface area contributed by atoms with Crippen LogP contribution in [0.3, 0.4) is 0 Å². The molecule has 4 aliphatic rings. The van der Waals surface area contributed by atoms with E-state index in [0.29, 0.717) is 124 Å². The van der Waals surface area contributed by atoms with Crippen LogP contribution in [-0.4, -0.2) is 210 Å². The number of β-amino-alcohol motifs (C(OH)–C–C–N with tert-alkyl or cyclic N) is 4. The van der Waals surface area contributed by atoms with Gasteiger partial charge < -0.3 is 38.5 Å². The van der Waals surface area contributed by atoms with E-state index in [1.54, 1.807) is 97.3 Å². The van der Waals surface area contributed by atoms with Crippen molar-refractivity contribution in [2.24, 2.45) is 23.7 Å². The molecular formula is C81H108N8O16S4. The summed E-state index contributed by atoms with van der Waals surface area (Å²) in [5.74, 6) is 2.00. The van der Waals surface area contributed by atoms with Gasteiger partial charge in [0, 0.05) is 102 Å². The Balaban J connectivity index is 0.000000182. The molecule has 28 heteroatoms. The first-order valence-electron chi connectivity index (χ1n) is 38.0. The molecule has 0 amide bonds. The molecule has 4 aliphatic heterocycles. The number of ketones is 8. The van der Waals surface area contributed by atoms with Gasteiger partial charge in [-0.1, -0.05) is 104 Å². The minimum atomic E-state index is -0.526. The highest BCUT2D eigenvalue weighted by Gasteiger charge is 2.37. The smallest absolute Gasteiger partial charge is 0.184 e. The second-order valence-corrected chi connectivity index (χ2v) is 32.5. The van der Waals surface area contributed by atoms with Gasteiger partial charge in [-0.05, 0) is 151 Å². The number of likely N-dealkylation sites (tertiary alicyclic amines) is 4. The summed E-state index contributed by atoms with van der Waals surface area (Å²) < 4.78 is 21.0. The number of unbranched alkanes of at least 4 members (excludes halogenated alkanes) is 12. The van der Waals surface area contributed by atoms with E-state index in [9.17, 15) is 58.8 Å². The quantitative estimate of drug-likeness (QED) is 0.0205. The van der Waals surface area contributed by atoms with Crippen LogP contribution in [0, 0.1) is 23.7 Å². The second-order valence-electron chi connectivity index (χ2n) is 28.7. The summed E-state index contributed by atoms with van der Waals surface area (Å²) in [5, 5.41) is 63.0. The van der Waals surface area contributed by atoms with Gasteiger partial charge in [0.25, 0.3) is 0 Å². The Bertz CT molecular complexity index is 3540. The standard InChI is InChI=1S/4C20H26N2O4S.CH4/c4*1-14(23)15-12-22(13-18(15)25)9-5-3-2-4-7-17(24)16-11-19(26-21-16)20-8-6-10-27-20;/h4*6,8,10-11,15,18,25H,2-5,7,9,12-13H2,1H3;1H4/t2*15-,18+;2*15-,18-;/m1010./s1. The Morgan fingerprint density at radius 1 is 0.330 bits per heavy atom. The normalized spacial score (nSPS) is 20.0. The Kier molecular flexibility index (Phi) is 36.2. The fourth-order valence-electron chi connectivity index (χ4n) is 14.0. The number of Topliss-reactive ketones (excluding diaryl/α,β-unsaturated/α-hetero) is 8. The number of hydrogen-bond acceptors (Lipinski definition) is 28. The van der Waals surface area contributed by atoms with E-state index >= 15 is 0 Å². The fraction of sp³-hybridized carbons (Fsp3) is 0.556. The van der Waals surface area contributed by atoms with E-state index in [1.165, 1.54) is 0 Å². The van der Waals surface area contributed by atoms with Crippen molar-refractivity contribution in [3.63, 3.8) is 0 Å². The third kappa shape index (κ3) is 27.5. The van der Waals surface area contributed by atoms with Gasteiger partial charge >= 0.3 is 0 Å². The lowest BCUT2D eigenvalue weighted by Crippen LogP contribution is -2.24. The van der Waals surface area contributed by atoms with Gasteiger partial charge in [0.2, 0.25) is 0 Å². The maximum atomic E-state index is 12.2. The minimum absolute atomic E-state index is 0. The summed E-state index contributed by atoms with van der Waals surface area (Å²) in [6.45, 7) is 14.7. The van der Waals surface area contributed by atoms with Gasteiger partial charge in [0.15, 0.2) is 46.2 Å². The van der Waals surface area contributed by atoms with Crippen LogP contribution in [-0.2, 0) is 19.2 Å². The summed E-state index contributed by atoms with van der Waals surface area (Å²) in [4.78, 5) is 107. The Labute approximate surface area is 654 Å². The fourth-order valence-corrected chi connectivity index (χ4v) is 16.7. The molecule has 109 heavy (non-hydrogen) atoms. The van der Waals surface area contributed by atoms with E-state index < -0.39 is 24.4 Å². The third-order valence-corrected chi connectivity index (χ3v) is 23.8. The number of rotatable bonds is 40. The van der Waals surface area contributed by atoms with Crippen molar-refractivity contribution in [1.82, 2.24) is 40.2 Å². The summed E-state index contributed by atoms with van der Waals surface area (Å²) in [7, 11) is 0. The van der Waals surface area contributed by atoms with Crippen molar-refractivity contribution in [1.29, 1.82) is 0 Å². The average Bonchev–Trinajstić information content (AvgIpc) is 1.62. The molecule has 12 rings (SSSR count). The maximum absolute atomic E-state index is 12.2. The Morgan fingerprint density at radius 3 is 0.706 bits per heavy atom. The van der Waals surface area contributed by atoms with Crippen molar-refractivity contribution < 1.29 is 76.9 Å². The summed E-state index contributed by atoms with van der Waals surface area (Å²) in [6.07, 6.45) is 15.2. The number of aliphatic hydroxyl groups excluding tert-OH is 4. The van der Waals surface area contributed by atoms with Gasteiger partial charge in [-0.2, -0.15) is 0 Å². The minimum Gasteiger partial charge on any atom is -0.391 e. The molecule has 4 N–H and O–H groups in total. The second kappa shape index (κ2) is 45.3. The predicted molar refractivity (Wildman–Crippen MR) is 422 cm³/mol. The highest BCUT2D eigenvalue weighted by atomic mass is 32.1. The van der Waals surface area contributed by atoms with E-state index in [-0.39, 0.29) is 77.4 Å². The zero-order valence-electron chi connectivity index (χ0n) is 62.4. The maximum Gasteiger partial charge on any atom is 0.184 e. The Morgan fingerprint density at radius 2 is 0.532 bits per heavy atom. The molecule has 0 radical (unpaired) electrons. The molecular weight excluding hydrogens is 1470 g/mol. The van der Waals surface area contributed by atoms with Crippen molar-refractivity contribution in [3.05, 3.63) is 117 Å². The average molecular weight is 1580 g/mol. The van der Waals surface area contributed by atoms with Gasteiger partial charge in [0.05, 0.1) is 67.6 Å². The van der Waals surface area contributed by atoms with Crippen LogP contribution in [0.4, 0.5) is 0 Å². The van der Waals surface area contributed by atoms with Gasteiger partial charge in [-0.15, -0.1) is 45.3 Å². The van der Waals surface area contributed by atoms with Crippen LogP contribution in [0.15, 0.2) is 112 Å². The van der Waals surface area contributed by atoms with Crippen LogP contribution in [0.2, 0.25) is 0 Å². The summed E-state index contributed by atoms with van der Waals surface area (Å²) >= 11 is 6.23. The van der Waals surface area contributed by atoms with Crippen LogP contribution in [0.25, 0.3) is 42.5 Å². The molecule has 8 aromatic heterocycles. The van der Waals surface area contributed by atoms with Crippen LogP contribution in [0.1, 0.15) is 205 Å². The number of aliphatic hydroxyl groups is 4. The van der Waals surface area contributed by atoms with E-state index in [1.807, 2.05) is 70.1 Å². The molecule has 0 unspecified atom stereocenters. The van der Waals surface area contributed by atoms with Crippen LogP contribution >= 0.6 is 45.3 Å². The number of carbonyl (C=O) groups excluding carboxylic acids is 8. The van der Waals surface area contributed by atoms with Gasteiger partial charge in [-0.25, -0.2) is 0 Å². The van der Waals surface area contributed by atoms with Crippen LogP contribution in [0.5, 0.6) is 0 Å². The highest BCUT2D eigenvalue weighted by Crippen LogP contribution is 2.31. The molecule has 0 aliphatic carbocycles. The number of aromatic nitrogens is 4. The molecule has 0 spiro atoms. The van der Waals surface area contributed by atoms with Crippen molar-refractivity contribution in [3.8, 4) is 42.5 Å². The van der Waals surface area contributed by atoms with E-state index in [2.05, 4.69) is 40.2 Å². The van der Waals surface area contributed by atoms with Crippen molar-refractivity contribution in [2.75, 3.05) is 78.5 Å². The molecule has 0 aromatic carbocycles. The predicted octanol–water partition coefficient (Wildman–Crippen LogP) is 14.3. The lowest BCUT2D eigenvalue weighted by molar-refractivity contribution is -0.123. The van der Waals surface area contributed by atoms with Gasteiger partial charge in [0.1, 0.15) is 45.9 Å². The topological polar surface area (TPSA) is 335 Å². The molecule has 4 saturated heterocycles. The first kappa shape index (κ1) is 87.3. The molecule has 24 nitrogen and oxygen atoms in total. The van der Waals surface area contributed by atoms with E-state index in [0.717, 1.165) is 148 Å². The third-order valence-electron chi connectivity index (χ3n) is 20.3. The zero-order chi connectivity index (χ0) is 76.9. The largest absolute Gasteiger partial charge is 0.391 e. The lowest BCUT2D eigenvalue weighted by Gasteiger charge is -2.14. The Hall–Kier alpha value is -7.32. The molecule has 8 aromatic rings. The molecule has 0 bridgehead atoms. The van der Waals surface area contributed by atoms with Gasteiger partial charge in [-0.3, -0.25) is 58.0 Å². The number of nitrogens with zero attached hydrogens (tertiary/aromatic N) is 8.